The molecule has 8 heteroatoms. The zero-order chi connectivity index (χ0) is 20.4. The average molecular weight is 404 g/mol. The maximum absolute atomic E-state index is 13.2. The average Bonchev–Trinajstić information content (AvgIpc) is 2.64. The number of aromatic nitrogens is 2. The summed E-state index contributed by atoms with van der Waals surface area (Å²) in [7, 11) is 0. The minimum atomic E-state index is -0.558. The van der Waals surface area contributed by atoms with Crippen molar-refractivity contribution in [1.29, 1.82) is 0 Å². The molecule has 3 rings (SSSR count). The van der Waals surface area contributed by atoms with E-state index in [1.165, 1.54) is 16.7 Å². The molecule has 1 amide bonds. The van der Waals surface area contributed by atoms with Gasteiger partial charge in [-0.25, -0.2) is 9.18 Å². The Labute approximate surface area is 165 Å². The predicted molar refractivity (Wildman–Crippen MR) is 107 cm³/mol. The Hall–Kier alpha value is -2.93. The summed E-state index contributed by atoms with van der Waals surface area (Å²) in [4.78, 5) is 38.1. The smallest absolute Gasteiger partial charge is 0.323 e. The van der Waals surface area contributed by atoms with E-state index >= 15 is 0 Å². The SMILES string of the molecule is CC(C)Cn1c(=O)c2ccccc2n(CC(=O)Nc2ccc(F)cc2Cl)c1=O. The molecule has 1 heterocycles. The van der Waals surface area contributed by atoms with E-state index in [1.54, 1.807) is 24.3 Å². The Morgan fingerprint density at radius 1 is 1.14 bits per heavy atom. The van der Waals surface area contributed by atoms with Crippen LogP contribution in [0.2, 0.25) is 5.02 Å². The lowest BCUT2D eigenvalue weighted by Crippen LogP contribution is -2.42. The van der Waals surface area contributed by atoms with Crippen LogP contribution in [0.15, 0.2) is 52.1 Å². The normalized spacial score (nSPS) is 11.2. The molecule has 0 atom stereocenters. The van der Waals surface area contributed by atoms with Crippen LogP contribution in [0.5, 0.6) is 0 Å². The van der Waals surface area contributed by atoms with Crippen molar-refractivity contribution in [3.63, 3.8) is 0 Å². The van der Waals surface area contributed by atoms with Crippen LogP contribution in [0.25, 0.3) is 10.9 Å². The van der Waals surface area contributed by atoms with Crippen LogP contribution in [0.3, 0.4) is 0 Å². The van der Waals surface area contributed by atoms with E-state index in [0.717, 1.165) is 10.6 Å². The molecule has 0 radical (unpaired) electrons. The van der Waals surface area contributed by atoms with Crippen LogP contribution in [0, 0.1) is 11.7 Å². The third-order valence-electron chi connectivity index (χ3n) is 4.19. The molecule has 0 aliphatic carbocycles. The molecule has 1 aromatic heterocycles. The highest BCUT2D eigenvalue weighted by Gasteiger charge is 2.16. The van der Waals surface area contributed by atoms with Gasteiger partial charge in [0.05, 0.1) is 21.6 Å². The zero-order valence-corrected chi connectivity index (χ0v) is 16.2. The second-order valence-corrected chi connectivity index (χ2v) is 7.28. The number of hydrogen-bond donors (Lipinski definition) is 1. The first-order valence-corrected chi connectivity index (χ1v) is 9.13. The van der Waals surface area contributed by atoms with E-state index < -0.39 is 17.4 Å². The number of para-hydroxylation sites is 1. The first kappa shape index (κ1) is 19.8. The van der Waals surface area contributed by atoms with Crippen LogP contribution in [0.4, 0.5) is 10.1 Å². The van der Waals surface area contributed by atoms with Crippen molar-refractivity contribution in [2.45, 2.75) is 26.9 Å². The van der Waals surface area contributed by atoms with E-state index in [9.17, 15) is 18.8 Å². The Bertz CT molecular complexity index is 1170. The van der Waals surface area contributed by atoms with Gasteiger partial charge in [0.2, 0.25) is 5.91 Å². The monoisotopic (exact) mass is 403 g/mol. The fourth-order valence-electron chi connectivity index (χ4n) is 2.97. The molecule has 1 N–H and O–H groups in total. The number of hydrogen-bond acceptors (Lipinski definition) is 3. The molecule has 3 aromatic rings. The minimum Gasteiger partial charge on any atom is -0.323 e. The maximum Gasteiger partial charge on any atom is 0.331 e. The van der Waals surface area contributed by atoms with Gasteiger partial charge in [-0.3, -0.25) is 18.7 Å². The highest BCUT2D eigenvalue weighted by Crippen LogP contribution is 2.22. The van der Waals surface area contributed by atoms with E-state index in [1.807, 2.05) is 13.8 Å². The predicted octanol–water partition coefficient (Wildman–Crippen LogP) is 3.25. The first-order chi connectivity index (χ1) is 13.3. The summed E-state index contributed by atoms with van der Waals surface area (Å²) in [5, 5.41) is 2.98. The number of nitrogens with zero attached hydrogens (tertiary/aromatic N) is 2. The van der Waals surface area contributed by atoms with Crippen LogP contribution in [-0.2, 0) is 17.9 Å². The number of benzene rings is 2. The van der Waals surface area contributed by atoms with E-state index in [4.69, 9.17) is 11.6 Å². The van der Waals surface area contributed by atoms with Crippen LogP contribution >= 0.6 is 11.6 Å². The van der Waals surface area contributed by atoms with E-state index in [2.05, 4.69) is 5.32 Å². The van der Waals surface area contributed by atoms with Gasteiger partial charge in [0.15, 0.2) is 0 Å². The fraction of sp³-hybridized carbons (Fsp3) is 0.250. The lowest BCUT2D eigenvalue weighted by molar-refractivity contribution is -0.116. The van der Waals surface area contributed by atoms with Crippen molar-refractivity contribution in [2.75, 3.05) is 5.32 Å². The molecule has 0 aliphatic rings. The molecule has 0 bridgehead atoms. The summed E-state index contributed by atoms with van der Waals surface area (Å²) < 4.78 is 15.6. The van der Waals surface area contributed by atoms with Crippen molar-refractivity contribution >= 4 is 34.1 Å². The Balaban J connectivity index is 2.03. The number of amides is 1. The van der Waals surface area contributed by atoms with Crippen molar-refractivity contribution in [3.8, 4) is 0 Å². The van der Waals surface area contributed by atoms with Crippen molar-refractivity contribution in [1.82, 2.24) is 9.13 Å². The molecule has 0 saturated carbocycles. The quantitative estimate of drug-likeness (QED) is 0.710. The van der Waals surface area contributed by atoms with Crippen molar-refractivity contribution in [3.05, 3.63) is 74.1 Å². The molecule has 0 unspecified atom stereocenters. The number of fused-ring (bicyclic) bond motifs is 1. The van der Waals surface area contributed by atoms with Gasteiger partial charge in [0.25, 0.3) is 5.56 Å². The highest BCUT2D eigenvalue weighted by atomic mass is 35.5. The molecule has 146 valence electrons. The Morgan fingerprint density at radius 3 is 2.54 bits per heavy atom. The Kier molecular flexibility index (Phi) is 5.65. The largest absolute Gasteiger partial charge is 0.331 e. The molecule has 2 aromatic carbocycles. The standard InChI is InChI=1S/C20H19ClFN3O3/c1-12(2)10-25-19(27)14-5-3-4-6-17(14)24(20(25)28)11-18(26)23-16-8-7-13(22)9-15(16)21/h3-9,12H,10-11H2,1-2H3,(H,23,26). The van der Waals surface area contributed by atoms with Gasteiger partial charge in [-0.1, -0.05) is 37.6 Å². The lowest BCUT2D eigenvalue weighted by Gasteiger charge is -2.15. The number of anilines is 1. The summed E-state index contributed by atoms with van der Waals surface area (Å²) in [6, 6.07) is 10.2. The van der Waals surface area contributed by atoms with Crippen LogP contribution in [-0.4, -0.2) is 15.0 Å². The summed E-state index contributed by atoms with van der Waals surface area (Å²) in [6.07, 6.45) is 0. The second-order valence-electron chi connectivity index (χ2n) is 6.87. The number of nitrogens with one attached hydrogen (secondary N) is 1. The number of halogens is 2. The van der Waals surface area contributed by atoms with Gasteiger partial charge in [-0.15, -0.1) is 0 Å². The lowest BCUT2D eigenvalue weighted by atomic mass is 10.2. The topological polar surface area (TPSA) is 73.1 Å². The summed E-state index contributed by atoms with van der Waals surface area (Å²) in [5.41, 5.74) is -0.330. The number of rotatable bonds is 5. The first-order valence-electron chi connectivity index (χ1n) is 8.75. The summed E-state index contributed by atoms with van der Waals surface area (Å²) in [6.45, 7) is 3.72. The zero-order valence-electron chi connectivity index (χ0n) is 15.4. The maximum atomic E-state index is 13.2. The molecule has 0 fully saturated rings. The number of carbonyl (C=O) groups excluding carboxylic acids is 1. The molecule has 6 nitrogen and oxygen atoms in total. The molecular formula is C20H19ClFN3O3. The van der Waals surface area contributed by atoms with Gasteiger partial charge < -0.3 is 5.32 Å². The van der Waals surface area contributed by atoms with Crippen LogP contribution < -0.4 is 16.6 Å². The van der Waals surface area contributed by atoms with Crippen molar-refractivity contribution in [2.24, 2.45) is 5.92 Å². The van der Waals surface area contributed by atoms with Gasteiger partial charge >= 0.3 is 5.69 Å². The van der Waals surface area contributed by atoms with E-state index in [-0.39, 0.29) is 35.3 Å². The van der Waals surface area contributed by atoms with Gasteiger partial charge in [0, 0.05) is 6.54 Å². The van der Waals surface area contributed by atoms with Gasteiger partial charge in [-0.2, -0.15) is 0 Å². The molecule has 0 saturated heterocycles. The highest BCUT2D eigenvalue weighted by molar-refractivity contribution is 6.33. The van der Waals surface area contributed by atoms with Gasteiger partial charge in [-0.05, 0) is 36.2 Å². The number of carbonyl (C=O) groups is 1. The van der Waals surface area contributed by atoms with E-state index in [0.29, 0.717) is 10.9 Å². The minimum absolute atomic E-state index is 0.0512. The summed E-state index contributed by atoms with van der Waals surface area (Å²) >= 11 is 5.94. The van der Waals surface area contributed by atoms with Crippen molar-refractivity contribution < 1.29 is 9.18 Å². The van der Waals surface area contributed by atoms with Crippen LogP contribution in [0.1, 0.15) is 13.8 Å². The molecule has 28 heavy (non-hydrogen) atoms. The molecule has 0 spiro atoms. The Morgan fingerprint density at radius 2 is 1.86 bits per heavy atom. The van der Waals surface area contributed by atoms with Gasteiger partial charge in [0.1, 0.15) is 12.4 Å². The third kappa shape index (κ3) is 3.99. The third-order valence-corrected chi connectivity index (χ3v) is 4.50. The second kappa shape index (κ2) is 7.98. The molecule has 0 aliphatic heterocycles. The fourth-order valence-corrected chi connectivity index (χ4v) is 3.19. The summed E-state index contributed by atoms with van der Waals surface area (Å²) in [5.74, 6) is -0.964. The molecular weight excluding hydrogens is 385 g/mol.